The molecular formula is C16H25NO3Si. The highest BCUT2D eigenvalue weighted by atomic mass is 28.4. The molecule has 4 nitrogen and oxygen atoms in total. The van der Waals surface area contributed by atoms with Crippen molar-refractivity contribution in [3.05, 3.63) is 52.1 Å². The second-order valence-electron chi connectivity index (χ2n) is 6.56. The number of nitro benzene ring substituents is 1. The fourth-order valence-corrected chi connectivity index (χ4v) is 4.61. The van der Waals surface area contributed by atoms with Crippen molar-refractivity contribution in [2.45, 2.75) is 44.8 Å². The molecule has 0 aliphatic rings. The Bertz CT molecular complexity index is 537. The van der Waals surface area contributed by atoms with Crippen LogP contribution in [-0.2, 0) is 16.9 Å². The van der Waals surface area contributed by atoms with Gasteiger partial charge in [-0.25, -0.2) is 0 Å². The van der Waals surface area contributed by atoms with Gasteiger partial charge < -0.3 is 4.43 Å². The maximum absolute atomic E-state index is 10.9. The summed E-state index contributed by atoms with van der Waals surface area (Å²) in [5, 5.41) is 11.0. The first-order valence-electron chi connectivity index (χ1n) is 7.07. The van der Waals surface area contributed by atoms with Crippen molar-refractivity contribution in [2.24, 2.45) is 0 Å². The molecule has 0 heterocycles. The average molecular weight is 307 g/mol. The van der Waals surface area contributed by atoms with Crippen molar-refractivity contribution >= 4 is 14.0 Å². The fraction of sp³-hybridized carbons (Fsp3) is 0.500. The summed E-state index contributed by atoms with van der Waals surface area (Å²) >= 11 is 0. The molecule has 0 saturated carbocycles. The second kappa shape index (κ2) is 6.53. The molecule has 0 aromatic heterocycles. The van der Waals surface area contributed by atoms with E-state index in [0.717, 1.165) is 17.2 Å². The van der Waals surface area contributed by atoms with Crippen molar-refractivity contribution < 1.29 is 9.35 Å². The second-order valence-corrected chi connectivity index (χ2v) is 11.3. The zero-order chi connectivity index (χ0) is 16.3. The molecule has 0 aliphatic heterocycles. The monoisotopic (exact) mass is 307 g/mol. The zero-order valence-corrected chi connectivity index (χ0v) is 14.6. The molecule has 116 valence electrons. The summed E-state index contributed by atoms with van der Waals surface area (Å²) in [6.45, 7) is 12.5. The van der Waals surface area contributed by atoms with Gasteiger partial charge in [0.1, 0.15) is 0 Å². The Kier molecular flexibility index (Phi) is 5.47. The summed E-state index contributed by atoms with van der Waals surface area (Å²) < 4.78 is 5.90. The third kappa shape index (κ3) is 4.01. The number of hydrogen-bond acceptors (Lipinski definition) is 3. The summed E-state index contributed by atoms with van der Waals surface area (Å²) in [4.78, 5) is 10.6. The van der Waals surface area contributed by atoms with Crippen LogP contribution in [0.5, 0.6) is 0 Å². The topological polar surface area (TPSA) is 52.4 Å². The van der Waals surface area contributed by atoms with Crippen molar-refractivity contribution in [1.82, 2.24) is 0 Å². The van der Waals surface area contributed by atoms with Crippen molar-refractivity contribution in [2.75, 3.05) is 7.11 Å². The lowest BCUT2D eigenvalue weighted by Gasteiger charge is -2.38. The van der Waals surface area contributed by atoms with Crippen LogP contribution in [0.4, 0.5) is 5.69 Å². The number of rotatable bonds is 6. The van der Waals surface area contributed by atoms with Crippen LogP contribution in [0.3, 0.4) is 0 Å². The van der Waals surface area contributed by atoms with Gasteiger partial charge in [-0.05, 0) is 35.2 Å². The Balaban J connectivity index is 3.23. The van der Waals surface area contributed by atoms with Crippen LogP contribution >= 0.6 is 0 Å². The van der Waals surface area contributed by atoms with Gasteiger partial charge in [0.25, 0.3) is 5.69 Å². The van der Waals surface area contributed by atoms with Crippen LogP contribution in [0.2, 0.25) is 11.6 Å². The fourth-order valence-electron chi connectivity index (χ4n) is 2.25. The van der Waals surface area contributed by atoms with Gasteiger partial charge in [-0.1, -0.05) is 32.9 Å². The smallest absolute Gasteiger partial charge is 0.269 e. The first-order valence-corrected chi connectivity index (χ1v) is 9.68. The summed E-state index contributed by atoms with van der Waals surface area (Å²) in [5.41, 5.74) is 2.23. The Morgan fingerprint density at radius 3 is 2.43 bits per heavy atom. The molecule has 0 amide bonds. The van der Waals surface area contributed by atoms with Crippen LogP contribution in [0.1, 0.15) is 31.9 Å². The summed E-state index contributed by atoms with van der Waals surface area (Å²) in [6, 6.07) is 5.94. The molecule has 0 saturated heterocycles. The van der Waals surface area contributed by atoms with E-state index >= 15 is 0 Å². The Morgan fingerprint density at radius 1 is 1.38 bits per heavy atom. The molecule has 0 spiro atoms. The molecule has 1 aromatic rings. The number of non-ortho nitro benzene ring substituents is 1. The van der Waals surface area contributed by atoms with Gasteiger partial charge in [0.2, 0.25) is 0 Å². The number of nitrogens with zero attached hydrogens (tertiary/aromatic N) is 1. The van der Waals surface area contributed by atoms with Crippen LogP contribution in [0, 0.1) is 10.1 Å². The summed E-state index contributed by atoms with van der Waals surface area (Å²) in [6.07, 6.45) is 2.42. The van der Waals surface area contributed by atoms with E-state index in [9.17, 15) is 10.1 Å². The Labute approximate surface area is 128 Å². The van der Waals surface area contributed by atoms with E-state index in [1.54, 1.807) is 25.3 Å². The van der Waals surface area contributed by atoms with Crippen molar-refractivity contribution in [3.63, 3.8) is 0 Å². The van der Waals surface area contributed by atoms with Gasteiger partial charge in [0.05, 0.1) is 4.92 Å². The lowest BCUT2D eigenvalue weighted by Crippen LogP contribution is -2.46. The molecule has 0 fully saturated rings. The standard InChI is InChI=1S/C16H25NO3Si/c1-7-8-13-11-15(17(18)19)10-9-14(13)12-21(6,20-5)16(2,3)4/h7,9-11H,1,8,12H2,2-6H3. The quantitative estimate of drug-likeness (QED) is 0.338. The number of allylic oxidation sites excluding steroid dienone is 1. The molecular weight excluding hydrogens is 282 g/mol. The number of benzene rings is 1. The van der Waals surface area contributed by atoms with Gasteiger partial charge in [0.15, 0.2) is 8.32 Å². The normalized spacial score (nSPS) is 14.5. The molecule has 0 aliphatic carbocycles. The molecule has 0 bridgehead atoms. The Morgan fingerprint density at radius 2 is 2.00 bits per heavy atom. The minimum Gasteiger partial charge on any atom is -0.419 e. The highest BCUT2D eigenvalue weighted by Gasteiger charge is 2.41. The highest BCUT2D eigenvalue weighted by Crippen LogP contribution is 2.39. The van der Waals surface area contributed by atoms with E-state index in [2.05, 4.69) is 33.9 Å². The van der Waals surface area contributed by atoms with Gasteiger partial charge >= 0.3 is 0 Å². The average Bonchev–Trinajstić information content (AvgIpc) is 2.39. The molecule has 1 aromatic carbocycles. The minimum absolute atomic E-state index is 0.0922. The van der Waals surface area contributed by atoms with Gasteiger partial charge in [0, 0.05) is 19.2 Å². The SMILES string of the molecule is C=CCc1cc([N+](=O)[O-])ccc1C[Si](C)(OC)C(C)(C)C. The highest BCUT2D eigenvalue weighted by molar-refractivity contribution is 6.74. The zero-order valence-electron chi connectivity index (χ0n) is 13.6. The Hall–Kier alpha value is -1.46. The molecule has 0 radical (unpaired) electrons. The lowest BCUT2D eigenvalue weighted by molar-refractivity contribution is -0.384. The van der Waals surface area contributed by atoms with Crippen LogP contribution in [0.25, 0.3) is 0 Å². The van der Waals surface area contributed by atoms with E-state index < -0.39 is 8.32 Å². The predicted molar refractivity (Wildman–Crippen MR) is 89.0 cm³/mol. The molecule has 1 atom stereocenters. The summed E-state index contributed by atoms with van der Waals surface area (Å²) in [7, 11) is -0.201. The van der Waals surface area contributed by atoms with Crippen molar-refractivity contribution in [1.29, 1.82) is 0 Å². The largest absolute Gasteiger partial charge is 0.419 e. The maximum atomic E-state index is 10.9. The van der Waals surface area contributed by atoms with E-state index in [1.165, 1.54) is 0 Å². The first-order chi connectivity index (χ1) is 9.64. The number of hydrogen-bond donors (Lipinski definition) is 0. The molecule has 1 unspecified atom stereocenters. The van der Waals surface area contributed by atoms with Gasteiger partial charge in [-0.15, -0.1) is 6.58 Å². The minimum atomic E-state index is -1.97. The van der Waals surface area contributed by atoms with Crippen LogP contribution in [0.15, 0.2) is 30.9 Å². The maximum Gasteiger partial charge on any atom is 0.269 e. The summed E-state index contributed by atoms with van der Waals surface area (Å²) in [5.74, 6) is 0. The van der Waals surface area contributed by atoms with Gasteiger partial charge in [-0.2, -0.15) is 0 Å². The molecule has 21 heavy (non-hydrogen) atoms. The van der Waals surface area contributed by atoms with E-state index in [4.69, 9.17) is 4.43 Å². The molecule has 5 heteroatoms. The van der Waals surface area contributed by atoms with Crippen molar-refractivity contribution in [3.8, 4) is 0 Å². The predicted octanol–water partition coefficient (Wildman–Crippen LogP) is 4.43. The molecule has 0 N–H and O–H groups in total. The van der Waals surface area contributed by atoms with Crippen LogP contribution in [-0.4, -0.2) is 20.4 Å². The lowest BCUT2D eigenvalue weighted by atomic mass is 10.0. The third-order valence-corrected chi connectivity index (χ3v) is 9.46. The first kappa shape index (κ1) is 17.6. The third-order valence-electron chi connectivity index (χ3n) is 4.33. The van der Waals surface area contributed by atoms with E-state index in [0.29, 0.717) is 6.42 Å². The number of nitro groups is 1. The molecule has 1 rings (SSSR count). The van der Waals surface area contributed by atoms with Crippen LogP contribution < -0.4 is 0 Å². The van der Waals surface area contributed by atoms with Gasteiger partial charge in [-0.3, -0.25) is 10.1 Å². The van der Waals surface area contributed by atoms with E-state index in [-0.39, 0.29) is 15.6 Å². The van der Waals surface area contributed by atoms with E-state index in [1.807, 2.05) is 6.07 Å².